The Labute approximate surface area is 214 Å². The highest BCUT2D eigenvalue weighted by Crippen LogP contribution is 2.33. The zero-order chi connectivity index (χ0) is 27.4. The highest BCUT2D eigenvalue weighted by Gasteiger charge is 2.40. The molecular weight excluding hydrogens is 456 g/mol. The van der Waals surface area contributed by atoms with E-state index < -0.39 is 29.5 Å². The van der Waals surface area contributed by atoms with Gasteiger partial charge in [0, 0.05) is 35.1 Å². The number of aromatic nitrogens is 1. The van der Waals surface area contributed by atoms with E-state index in [9.17, 15) is 19.5 Å². The van der Waals surface area contributed by atoms with Crippen molar-refractivity contribution in [3.05, 3.63) is 47.7 Å². The van der Waals surface area contributed by atoms with Crippen LogP contribution in [0.2, 0.25) is 0 Å². The lowest BCUT2D eigenvalue weighted by Crippen LogP contribution is -2.59. The topological polar surface area (TPSA) is 115 Å². The molecule has 3 atom stereocenters. The fourth-order valence-corrected chi connectivity index (χ4v) is 4.78. The summed E-state index contributed by atoms with van der Waals surface area (Å²) in [6.07, 6.45) is 3.53. The second-order valence-electron chi connectivity index (χ2n) is 10.8. The molecule has 0 bridgehead atoms. The van der Waals surface area contributed by atoms with E-state index in [0.717, 1.165) is 16.5 Å². The van der Waals surface area contributed by atoms with Crippen molar-refractivity contribution in [2.24, 2.45) is 11.8 Å². The van der Waals surface area contributed by atoms with Crippen molar-refractivity contribution >= 4 is 28.7 Å². The number of hydrogen-bond acceptors (Lipinski definition) is 4. The molecule has 8 heteroatoms. The summed E-state index contributed by atoms with van der Waals surface area (Å²) in [5.74, 6) is -1.73. The summed E-state index contributed by atoms with van der Waals surface area (Å²) in [6.45, 7) is 13.2. The van der Waals surface area contributed by atoms with Crippen LogP contribution in [-0.2, 0) is 19.8 Å². The number of nitrogens with one attached hydrogen (secondary N) is 3. The number of aromatic amines is 1. The monoisotopic (exact) mass is 498 g/mol. The zero-order valence-electron chi connectivity index (χ0n) is 23.0. The van der Waals surface area contributed by atoms with Gasteiger partial charge < -0.3 is 25.6 Å². The third-order valence-corrected chi connectivity index (χ3v) is 7.02. The van der Waals surface area contributed by atoms with Crippen LogP contribution in [-0.4, -0.2) is 65.0 Å². The van der Waals surface area contributed by atoms with Crippen molar-refractivity contribution in [2.45, 2.75) is 72.0 Å². The van der Waals surface area contributed by atoms with Crippen LogP contribution in [0.5, 0.6) is 0 Å². The van der Waals surface area contributed by atoms with Crippen molar-refractivity contribution in [3.8, 4) is 0 Å². The molecular formula is C28H42N4O4. The molecule has 0 aliphatic carbocycles. The summed E-state index contributed by atoms with van der Waals surface area (Å²) in [5, 5.41) is 16.5. The van der Waals surface area contributed by atoms with E-state index in [1.165, 1.54) is 6.92 Å². The molecule has 4 N–H and O–H groups in total. The summed E-state index contributed by atoms with van der Waals surface area (Å²) in [7, 11) is 3.40. The molecule has 0 aliphatic heterocycles. The van der Waals surface area contributed by atoms with Crippen LogP contribution in [0.15, 0.2) is 42.1 Å². The van der Waals surface area contributed by atoms with E-state index in [0.29, 0.717) is 0 Å². The number of fused-ring (bicyclic) bond motifs is 1. The van der Waals surface area contributed by atoms with Gasteiger partial charge in [-0.2, -0.15) is 0 Å². The number of hydrogen-bond donors (Lipinski definition) is 4. The molecule has 0 aliphatic rings. The molecule has 2 rings (SSSR count). The molecule has 0 saturated carbocycles. The van der Waals surface area contributed by atoms with Crippen LogP contribution >= 0.6 is 0 Å². The molecule has 36 heavy (non-hydrogen) atoms. The first-order valence-electron chi connectivity index (χ1n) is 12.5. The van der Waals surface area contributed by atoms with Gasteiger partial charge in [0.1, 0.15) is 6.04 Å². The number of aliphatic carboxylic acids is 1. The smallest absolute Gasteiger partial charge is 0.331 e. The number of rotatable bonds is 11. The second-order valence-corrected chi connectivity index (χ2v) is 10.8. The van der Waals surface area contributed by atoms with Crippen molar-refractivity contribution in [1.29, 1.82) is 0 Å². The molecule has 0 saturated heterocycles. The second kappa shape index (κ2) is 11.7. The first kappa shape index (κ1) is 29.1. The van der Waals surface area contributed by atoms with Crippen LogP contribution in [0, 0.1) is 11.8 Å². The number of para-hydroxylation sites is 1. The van der Waals surface area contributed by atoms with Gasteiger partial charge in [-0.25, -0.2) is 4.79 Å². The van der Waals surface area contributed by atoms with Crippen LogP contribution in [0.4, 0.5) is 0 Å². The predicted octanol–water partition coefficient (Wildman–Crippen LogP) is 3.69. The standard InChI is InChI=1S/C28H42N4O4/c1-16(2)22(14-18(5)27(35)36)32(9)26(34)23(17(3)4)31-25(33)24(29-8)28(6,7)20-15-30-21-13-11-10-12-19(20)21/h10-17,22-24,29-30H,1-9H3,(H,31,33)(H,35,36)/b18-14+/t22-,23-,24+/m1/s1. The number of carbonyl (C=O) groups is 3. The number of carbonyl (C=O) groups excluding carboxylic acids is 2. The lowest BCUT2D eigenvalue weighted by atomic mass is 9.77. The Bertz CT molecular complexity index is 1120. The van der Waals surface area contributed by atoms with Gasteiger partial charge in [-0.05, 0) is 37.4 Å². The lowest BCUT2D eigenvalue weighted by Gasteiger charge is -2.37. The SMILES string of the molecule is CN[C@@H](C(=O)N[C@@H](C(=O)N(C)[C@H](/C=C(\C)C(=O)O)C(C)C)C(C)C)C(C)(C)c1c[nH]c2ccccc12. The summed E-state index contributed by atoms with van der Waals surface area (Å²) < 4.78 is 0. The molecule has 0 radical (unpaired) electrons. The van der Waals surface area contributed by atoms with E-state index in [4.69, 9.17) is 0 Å². The predicted molar refractivity (Wildman–Crippen MR) is 144 cm³/mol. The average molecular weight is 499 g/mol. The van der Waals surface area contributed by atoms with Crippen molar-refractivity contribution < 1.29 is 19.5 Å². The zero-order valence-corrected chi connectivity index (χ0v) is 23.0. The minimum Gasteiger partial charge on any atom is -0.478 e. The molecule has 0 fully saturated rings. The first-order valence-corrected chi connectivity index (χ1v) is 12.5. The molecule has 1 heterocycles. The lowest BCUT2D eigenvalue weighted by molar-refractivity contribution is -0.139. The Morgan fingerprint density at radius 1 is 1.08 bits per heavy atom. The molecule has 1 aromatic heterocycles. The van der Waals surface area contributed by atoms with E-state index in [-0.39, 0.29) is 29.2 Å². The van der Waals surface area contributed by atoms with E-state index >= 15 is 0 Å². The third kappa shape index (κ3) is 6.16. The molecule has 0 unspecified atom stereocenters. The van der Waals surface area contributed by atoms with Gasteiger partial charge in [-0.15, -0.1) is 0 Å². The maximum atomic E-state index is 13.6. The van der Waals surface area contributed by atoms with E-state index in [1.54, 1.807) is 25.1 Å². The fourth-order valence-electron chi connectivity index (χ4n) is 4.78. The normalized spacial score (nSPS) is 15.1. The summed E-state index contributed by atoms with van der Waals surface area (Å²) >= 11 is 0. The molecule has 0 spiro atoms. The maximum Gasteiger partial charge on any atom is 0.331 e. The van der Waals surface area contributed by atoms with E-state index in [2.05, 4.69) is 15.6 Å². The van der Waals surface area contributed by atoms with E-state index in [1.807, 2.05) is 72.0 Å². The number of benzene rings is 1. The first-order chi connectivity index (χ1) is 16.7. The minimum absolute atomic E-state index is 0.0115. The van der Waals surface area contributed by atoms with Gasteiger partial charge in [0.25, 0.3) is 0 Å². The van der Waals surface area contributed by atoms with Crippen LogP contribution < -0.4 is 10.6 Å². The Morgan fingerprint density at radius 3 is 2.22 bits per heavy atom. The number of H-pyrrole nitrogens is 1. The van der Waals surface area contributed by atoms with Gasteiger partial charge in [0.15, 0.2) is 0 Å². The Balaban J connectivity index is 2.34. The highest BCUT2D eigenvalue weighted by atomic mass is 16.4. The highest BCUT2D eigenvalue weighted by molar-refractivity contribution is 5.92. The summed E-state index contributed by atoms with van der Waals surface area (Å²) in [4.78, 5) is 43.4. The third-order valence-electron chi connectivity index (χ3n) is 7.02. The average Bonchev–Trinajstić information content (AvgIpc) is 3.24. The van der Waals surface area contributed by atoms with Gasteiger partial charge in [0.2, 0.25) is 11.8 Å². The summed E-state index contributed by atoms with van der Waals surface area (Å²) in [6, 6.07) is 6.17. The molecule has 2 aromatic rings. The van der Waals surface area contributed by atoms with Crippen molar-refractivity contribution in [2.75, 3.05) is 14.1 Å². The van der Waals surface area contributed by atoms with Gasteiger partial charge in [-0.3, -0.25) is 9.59 Å². The number of carboxylic acid groups (broad SMARTS) is 1. The molecule has 198 valence electrons. The quantitative estimate of drug-likeness (QED) is 0.353. The van der Waals surface area contributed by atoms with Crippen LogP contribution in [0.3, 0.4) is 0 Å². The molecule has 8 nitrogen and oxygen atoms in total. The van der Waals surface area contributed by atoms with Crippen molar-refractivity contribution in [1.82, 2.24) is 20.5 Å². The summed E-state index contributed by atoms with van der Waals surface area (Å²) in [5.41, 5.74) is 1.59. The number of nitrogens with zero attached hydrogens (tertiary/aromatic N) is 1. The largest absolute Gasteiger partial charge is 0.478 e. The van der Waals surface area contributed by atoms with Gasteiger partial charge in [-0.1, -0.05) is 65.8 Å². The van der Waals surface area contributed by atoms with Crippen molar-refractivity contribution in [3.63, 3.8) is 0 Å². The Hall–Kier alpha value is -3.13. The molecule has 2 amide bonds. The van der Waals surface area contributed by atoms with Crippen LogP contribution in [0.25, 0.3) is 10.9 Å². The van der Waals surface area contributed by atoms with Gasteiger partial charge in [0.05, 0.1) is 12.1 Å². The Kier molecular flexibility index (Phi) is 9.49. The number of likely N-dealkylation sites (N-methyl/N-ethyl adjacent to an activating group) is 2. The maximum absolute atomic E-state index is 13.6. The fraction of sp³-hybridized carbons (Fsp3) is 0.536. The number of amides is 2. The molecule has 1 aromatic carbocycles. The number of carboxylic acids is 1. The minimum atomic E-state index is -1.02. The Morgan fingerprint density at radius 2 is 1.69 bits per heavy atom. The van der Waals surface area contributed by atoms with Crippen LogP contribution in [0.1, 0.15) is 54.0 Å². The van der Waals surface area contributed by atoms with Gasteiger partial charge >= 0.3 is 5.97 Å².